The highest BCUT2D eigenvalue weighted by Gasteiger charge is 2.36. The van der Waals surface area contributed by atoms with Gasteiger partial charge in [-0.2, -0.15) is 0 Å². The smallest absolute Gasteiger partial charge is 0.000740 e. The molecule has 2 aliphatic carbocycles. The highest BCUT2D eigenvalue weighted by Crippen LogP contribution is 2.63. The lowest BCUT2D eigenvalue weighted by Crippen LogP contribution is -1.96. The molecule has 0 saturated heterocycles. The van der Waals surface area contributed by atoms with E-state index in [0.29, 0.717) is 0 Å². The van der Waals surface area contributed by atoms with E-state index < -0.39 is 0 Å². The van der Waals surface area contributed by atoms with Gasteiger partial charge in [0.2, 0.25) is 0 Å². The van der Waals surface area contributed by atoms with Crippen LogP contribution in [0.3, 0.4) is 0 Å². The zero-order valence-corrected chi connectivity index (χ0v) is 61.4. The molecule has 0 unspecified atom stereocenters. The molecule has 0 aromatic heterocycles. The first kappa shape index (κ1) is 64.6. The second-order valence-corrected chi connectivity index (χ2v) is 29.9. The van der Waals surface area contributed by atoms with Crippen molar-refractivity contribution in [3.05, 3.63) is 425 Å². The lowest BCUT2D eigenvalue weighted by molar-refractivity contribution is 1.57. The van der Waals surface area contributed by atoms with E-state index in [4.69, 9.17) is 0 Å². The monoisotopic (exact) mass is 1410 g/mol. The van der Waals surface area contributed by atoms with Crippen molar-refractivity contribution in [1.82, 2.24) is 0 Å². The van der Waals surface area contributed by atoms with Gasteiger partial charge in [0.1, 0.15) is 0 Å². The quantitative estimate of drug-likeness (QED) is 0.108. The predicted molar refractivity (Wildman–Crippen MR) is 476 cm³/mol. The lowest BCUT2D eigenvalue weighted by Gasteiger charge is -2.23. The minimum Gasteiger partial charge on any atom is -0.0622 e. The van der Waals surface area contributed by atoms with Crippen molar-refractivity contribution in [3.63, 3.8) is 0 Å². The van der Waals surface area contributed by atoms with Gasteiger partial charge in [-0.15, -0.1) is 0 Å². The summed E-state index contributed by atoms with van der Waals surface area (Å²) in [4.78, 5) is 0. The summed E-state index contributed by atoms with van der Waals surface area (Å²) in [7, 11) is 0. The molecule has 0 radical (unpaired) electrons. The fourth-order valence-corrected chi connectivity index (χ4v) is 18.8. The first-order valence-corrected chi connectivity index (χ1v) is 38.9. The van der Waals surface area contributed by atoms with Crippen molar-refractivity contribution >= 4 is 43.1 Å². The molecule has 0 atom stereocenters. The van der Waals surface area contributed by atoms with Crippen LogP contribution in [-0.4, -0.2) is 0 Å². The van der Waals surface area contributed by atoms with E-state index >= 15 is 0 Å². The van der Waals surface area contributed by atoms with Gasteiger partial charge < -0.3 is 0 Å². The van der Waals surface area contributed by atoms with E-state index in [9.17, 15) is 0 Å². The largest absolute Gasteiger partial charge is 0.0622 e. The molecule has 0 N–H and O–H groups in total. The van der Waals surface area contributed by atoms with Crippen LogP contribution in [0.25, 0.3) is 232 Å². The van der Waals surface area contributed by atoms with Crippen LogP contribution in [0.5, 0.6) is 0 Å². The van der Waals surface area contributed by atoms with Crippen molar-refractivity contribution in [2.75, 3.05) is 0 Å². The summed E-state index contributed by atoms with van der Waals surface area (Å²) >= 11 is 0. The van der Waals surface area contributed by atoms with Crippen molar-refractivity contribution in [2.24, 2.45) is 0 Å². The summed E-state index contributed by atoms with van der Waals surface area (Å²) in [5.74, 6) is 0. The Bertz CT molecular complexity index is 6350. The molecular weight excluding hydrogens is 1350 g/mol. The highest BCUT2D eigenvalue weighted by molar-refractivity contribution is 6.33. The molecule has 0 nitrogen and oxygen atoms in total. The third kappa shape index (κ3) is 10.6. The summed E-state index contributed by atoms with van der Waals surface area (Å²) in [5.41, 5.74) is 40.9. The molecule has 0 spiro atoms. The van der Waals surface area contributed by atoms with Crippen LogP contribution in [-0.2, 0) is 0 Å². The van der Waals surface area contributed by atoms with Gasteiger partial charge in [-0.05, 0) is 281 Å². The normalized spacial score (nSPS) is 11.8. The molecule has 0 aliphatic heterocycles. The molecule has 2 aliphatic rings. The van der Waals surface area contributed by atoms with E-state index in [1.807, 2.05) is 0 Å². The van der Waals surface area contributed by atoms with Crippen molar-refractivity contribution in [1.29, 1.82) is 0 Å². The van der Waals surface area contributed by atoms with E-state index in [-0.39, 0.29) is 0 Å². The molecule has 0 fully saturated rings. The lowest BCUT2D eigenvalue weighted by atomic mass is 9.79. The molecule has 112 heavy (non-hydrogen) atoms. The van der Waals surface area contributed by atoms with Crippen LogP contribution in [0.1, 0.15) is 0 Å². The average molecular weight is 1420 g/mol. The van der Waals surface area contributed by atoms with Crippen LogP contribution in [0.15, 0.2) is 425 Å². The second kappa shape index (κ2) is 26.7. The van der Waals surface area contributed by atoms with E-state index in [1.165, 1.54) is 232 Å². The summed E-state index contributed by atoms with van der Waals surface area (Å²) in [6, 6.07) is 159. The summed E-state index contributed by atoms with van der Waals surface area (Å²) in [5, 5.41) is 9.79. The van der Waals surface area contributed by atoms with E-state index in [0.717, 1.165) is 0 Å². The second-order valence-electron chi connectivity index (χ2n) is 29.9. The van der Waals surface area contributed by atoms with E-state index in [1.54, 1.807) is 0 Å². The van der Waals surface area contributed by atoms with Crippen molar-refractivity contribution in [3.8, 4) is 189 Å². The Kier molecular flexibility index (Phi) is 15.4. The standard InChI is InChI=1S/C112H70/c1-9-31-71(32-10-1)79-47-25-51-83(63-79)103-99-67-95(75-39-17-5-18-40-75)97(77-43-21-7-22-44-77)69-101(99)105(85-53-27-49-81(65-85)73-35-13-3-14-36-73)111-93-61-59-87(89-55-29-57-91(107(89)93)109(103)111)88-60-62-94-108-90(88)56-30-58-92(108)110-104(84-52-26-48-80(64-84)72-33-11-2-12-34-72)100-68-96(76-41-19-6-20-42-76)98(78-45-23-8-24-46-78)70-102(100)106(112(94)110)86-54-28-50-82(66-86)74-37-15-4-16-38-74/h1-70H. The Hall–Kier alpha value is -14.6. The molecular formula is C112H70. The summed E-state index contributed by atoms with van der Waals surface area (Å²) < 4.78 is 0. The molecule has 0 bridgehead atoms. The Morgan fingerprint density at radius 3 is 0.518 bits per heavy atom. The third-order valence-corrected chi connectivity index (χ3v) is 23.7. The summed E-state index contributed by atoms with van der Waals surface area (Å²) in [6.07, 6.45) is 0. The van der Waals surface area contributed by atoms with Crippen molar-refractivity contribution in [2.45, 2.75) is 0 Å². The van der Waals surface area contributed by atoms with Crippen LogP contribution in [0.4, 0.5) is 0 Å². The Labute approximate surface area is 652 Å². The molecule has 20 aromatic carbocycles. The predicted octanol–water partition coefficient (Wildman–Crippen LogP) is 31.3. The first-order chi connectivity index (χ1) is 55.6. The molecule has 0 heteroatoms. The van der Waals surface area contributed by atoms with Crippen LogP contribution < -0.4 is 0 Å². The zero-order valence-electron chi connectivity index (χ0n) is 61.4. The van der Waals surface area contributed by atoms with Gasteiger partial charge in [-0.1, -0.05) is 376 Å². The SMILES string of the molecule is c1ccc(-c2cccc(-c3c4c(c(-c5cccc(-c6ccccc6)c5)c5cc(-c6ccccc6)c(-c6ccccc6)cc35)-c3ccc(-c5ccc6c7c(cccc57)-c5c-6c(-c6cccc(-c7ccccc7)c6)c6cc(-c7ccccc7)c(-c7ccccc7)cc6c5-c5cccc(-c6ccccc6)c5)c5cccc-4c35)c2)cc1. The number of benzene rings is 20. The molecule has 518 valence electrons. The van der Waals surface area contributed by atoms with Gasteiger partial charge in [0, 0.05) is 0 Å². The number of hydrogen-bond donors (Lipinski definition) is 0. The molecule has 0 saturated carbocycles. The van der Waals surface area contributed by atoms with Gasteiger partial charge >= 0.3 is 0 Å². The number of hydrogen-bond acceptors (Lipinski definition) is 0. The Morgan fingerprint density at radius 2 is 0.277 bits per heavy atom. The Balaban J connectivity index is 0.836. The maximum Gasteiger partial charge on any atom is -0.000740 e. The molecule has 0 heterocycles. The van der Waals surface area contributed by atoms with Gasteiger partial charge in [0.25, 0.3) is 0 Å². The molecule has 20 aromatic rings. The molecule has 22 rings (SSSR count). The number of fused-ring (bicyclic) bond motifs is 8. The number of rotatable bonds is 13. The van der Waals surface area contributed by atoms with Gasteiger partial charge in [0.15, 0.2) is 0 Å². The molecule has 0 amide bonds. The fraction of sp³-hybridized carbons (Fsp3) is 0. The topological polar surface area (TPSA) is 0 Å². The van der Waals surface area contributed by atoms with Gasteiger partial charge in [-0.25, -0.2) is 0 Å². The highest BCUT2D eigenvalue weighted by atomic mass is 14.4. The third-order valence-electron chi connectivity index (χ3n) is 23.7. The fourth-order valence-electron chi connectivity index (χ4n) is 18.8. The maximum absolute atomic E-state index is 2.53. The minimum absolute atomic E-state index is 1.17. The van der Waals surface area contributed by atoms with Crippen LogP contribution >= 0.6 is 0 Å². The average Bonchev–Trinajstić information content (AvgIpc) is 1.39. The van der Waals surface area contributed by atoms with Crippen LogP contribution in [0.2, 0.25) is 0 Å². The van der Waals surface area contributed by atoms with Crippen LogP contribution in [0, 0.1) is 0 Å². The summed E-state index contributed by atoms with van der Waals surface area (Å²) in [6.45, 7) is 0. The minimum atomic E-state index is 1.17. The van der Waals surface area contributed by atoms with Gasteiger partial charge in [-0.3, -0.25) is 0 Å². The van der Waals surface area contributed by atoms with Crippen molar-refractivity contribution < 1.29 is 0 Å². The maximum atomic E-state index is 2.53. The zero-order chi connectivity index (χ0) is 73.7. The Morgan fingerprint density at radius 1 is 0.0893 bits per heavy atom. The first-order valence-electron chi connectivity index (χ1n) is 38.9. The van der Waals surface area contributed by atoms with E-state index in [2.05, 4.69) is 425 Å². The van der Waals surface area contributed by atoms with Gasteiger partial charge in [0.05, 0.1) is 0 Å².